The summed E-state index contributed by atoms with van der Waals surface area (Å²) in [5.74, 6) is -0.924. The Morgan fingerprint density at radius 1 is 1.55 bits per heavy atom. The molecule has 20 heavy (non-hydrogen) atoms. The molecule has 0 bridgehead atoms. The quantitative estimate of drug-likeness (QED) is 0.722. The molecule has 7 heteroatoms. The first kappa shape index (κ1) is 16.2. The lowest BCUT2D eigenvalue weighted by molar-refractivity contribution is -0.146. The summed E-state index contributed by atoms with van der Waals surface area (Å²) in [4.78, 5) is 23.8. The second kappa shape index (κ2) is 7.04. The number of nitrogens with two attached hydrogens (primary N) is 1. The molecule has 0 radical (unpaired) electrons. The molecule has 1 heterocycles. The van der Waals surface area contributed by atoms with Crippen LogP contribution in [-0.4, -0.2) is 34.8 Å². The molecule has 1 aromatic rings. The molecule has 3 atom stereocenters. The molecule has 0 spiro atoms. The average Bonchev–Trinajstić information content (AvgIpc) is 2.88. The van der Waals surface area contributed by atoms with E-state index in [1.807, 2.05) is 13.8 Å². The number of rotatable bonds is 6. The van der Waals surface area contributed by atoms with E-state index in [-0.39, 0.29) is 5.92 Å². The van der Waals surface area contributed by atoms with E-state index in [4.69, 9.17) is 10.5 Å². The maximum Gasteiger partial charge on any atom is 0.328 e. The van der Waals surface area contributed by atoms with Crippen LogP contribution in [0.4, 0.5) is 0 Å². The first-order valence-electron chi connectivity index (χ1n) is 6.53. The number of amides is 1. The molecule has 7 nitrogen and oxygen atoms in total. The highest BCUT2D eigenvalue weighted by atomic mass is 16.5. The Bertz CT molecular complexity index is 472. The zero-order valence-electron chi connectivity index (χ0n) is 12.3. The first-order chi connectivity index (χ1) is 9.40. The van der Waals surface area contributed by atoms with E-state index in [2.05, 4.69) is 10.4 Å². The van der Waals surface area contributed by atoms with Crippen LogP contribution in [0.3, 0.4) is 0 Å². The van der Waals surface area contributed by atoms with Gasteiger partial charge in [-0.3, -0.25) is 9.48 Å². The fourth-order valence-electron chi connectivity index (χ4n) is 1.79. The Kier molecular flexibility index (Phi) is 5.69. The number of nitrogens with zero attached hydrogens (tertiary/aromatic N) is 2. The van der Waals surface area contributed by atoms with Crippen molar-refractivity contribution in [3.8, 4) is 0 Å². The largest absolute Gasteiger partial charge is 0.467 e. The maximum absolute atomic E-state index is 12.1. The van der Waals surface area contributed by atoms with E-state index in [1.165, 1.54) is 13.3 Å². The average molecular weight is 282 g/mol. The van der Waals surface area contributed by atoms with Crippen molar-refractivity contribution in [1.82, 2.24) is 15.1 Å². The lowest BCUT2D eigenvalue weighted by atomic mass is 9.98. The fourth-order valence-corrected chi connectivity index (χ4v) is 1.79. The molecule has 3 N–H and O–H groups in total. The molecule has 0 saturated carbocycles. The van der Waals surface area contributed by atoms with Gasteiger partial charge in [0.15, 0.2) is 0 Å². The molecule has 1 rings (SSSR count). The Hall–Kier alpha value is -1.89. The highest BCUT2D eigenvalue weighted by Gasteiger charge is 2.29. The third-order valence-electron chi connectivity index (χ3n) is 3.33. The van der Waals surface area contributed by atoms with Crippen LogP contribution in [0.25, 0.3) is 0 Å². The normalized spacial score (nSPS) is 15.2. The molecule has 1 aromatic heterocycles. The minimum absolute atomic E-state index is 0.0347. The third kappa shape index (κ3) is 3.80. The predicted octanol–water partition coefficient (Wildman–Crippen LogP) is 0.124. The first-order valence-corrected chi connectivity index (χ1v) is 6.53. The summed E-state index contributed by atoms with van der Waals surface area (Å²) >= 11 is 0. The summed E-state index contributed by atoms with van der Waals surface area (Å²) in [5, 5.41) is 6.62. The number of aromatic nitrogens is 2. The predicted molar refractivity (Wildman–Crippen MR) is 73.5 cm³/mol. The zero-order chi connectivity index (χ0) is 15.3. The number of esters is 1. The summed E-state index contributed by atoms with van der Waals surface area (Å²) in [6.45, 7) is 3.81. The molecular formula is C13H22N4O3. The second-order valence-electron chi connectivity index (χ2n) is 4.82. The van der Waals surface area contributed by atoms with Gasteiger partial charge in [0.1, 0.15) is 12.1 Å². The van der Waals surface area contributed by atoms with Gasteiger partial charge in [0.05, 0.1) is 13.3 Å². The van der Waals surface area contributed by atoms with Crippen LogP contribution in [0.1, 0.15) is 31.9 Å². The Balaban J connectivity index is 2.77. The Morgan fingerprint density at radius 2 is 2.20 bits per heavy atom. The molecule has 0 aliphatic rings. The lowest BCUT2D eigenvalue weighted by Gasteiger charge is -2.23. The van der Waals surface area contributed by atoms with Gasteiger partial charge in [0.2, 0.25) is 5.91 Å². The molecule has 3 unspecified atom stereocenters. The SMILES string of the molecule is CCC(C)C(NC(=O)C(N)c1cnn(C)c1)C(=O)OC. The molecule has 0 aliphatic carbocycles. The van der Waals surface area contributed by atoms with Gasteiger partial charge < -0.3 is 15.8 Å². The van der Waals surface area contributed by atoms with Gasteiger partial charge >= 0.3 is 5.97 Å². The van der Waals surface area contributed by atoms with Crippen molar-refractivity contribution in [1.29, 1.82) is 0 Å². The third-order valence-corrected chi connectivity index (χ3v) is 3.33. The van der Waals surface area contributed by atoms with Gasteiger partial charge in [0, 0.05) is 18.8 Å². The van der Waals surface area contributed by atoms with Crippen molar-refractivity contribution in [2.75, 3.05) is 7.11 Å². The smallest absolute Gasteiger partial charge is 0.328 e. The number of nitrogens with one attached hydrogen (secondary N) is 1. The van der Waals surface area contributed by atoms with Gasteiger partial charge in [-0.25, -0.2) is 4.79 Å². The van der Waals surface area contributed by atoms with Gasteiger partial charge in [-0.15, -0.1) is 0 Å². The van der Waals surface area contributed by atoms with E-state index in [9.17, 15) is 9.59 Å². The number of carbonyl (C=O) groups excluding carboxylic acids is 2. The lowest BCUT2D eigenvalue weighted by Crippen LogP contribution is -2.48. The Labute approximate surface area is 118 Å². The number of carbonyl (C=O) groups is 2. The summed E-state index contributed by atoms with van der Waals surface area (Å²) in [7, 11) is 3.04. The summed E-state index contributed by atoms with van der Waals surface area (Å²) in [6, 6.07) is -1.56. The van der Waals surface area contributed by atoms with Crippen molar-refractivity contribution in [3.05, 3.63) is 18.0 Å². The van der Waals surface area contributed by atoms with E-state index in [0.717, 1.165) is 6.42 Å². The Morgan fingerprint density at radius 3 is 2.65 bits per heavy atom. The van der Waals surface area contributed by atoms with Crippen LogP contribution < -0.4 is 11.1 Å². The summed E-state index contributed by atoms with van der Waals surface area (Å²) in [5.41, 5.74) is 6.46. The van der Waals surface area contributed by atoms with Crippen molar-refractivity contribution in [3.63, 3.8) is 0 Å². The topological polar surface area (TPSA) is 99.2 Å². The van der Waals surface area contributed by atoms with Crippen LogP contribution in [0.2, 0.25) is 0 Å². The molecule has 112 valence electrons. The van der Waals surface area contributed by atoms with E-state index in [0.29, 0.717) is 5.56 Å². The van der Waals surface area contributed by atoms with Crippen LogP contribution in [0, 0.1) is 5.92 Å². The van der Waals surface area contributed by atoms with Crippen molar-refractivity contribution >= 4 is 11.9 Å². The summed E-state index contributed by atoms with van der Waals surface area (Å²) in [6.07, 6.45) is 3.93. The van der Waals surface area contributed by atoms with Crippen molar-refractivity contribution in [2.45, 2.75) is 32.4 Å². The maximum atomic E-state index is 12.1. The molecule has 0 aliphatic heterocycles. The van der Waals surface area contributed by atoms with Crippen LogP contribution in [-0.2, 0) is 21.4 Å². The number of aryl methyl sites for hydroxylation is 1. The van der Waals surface area contributed by atoms with E-state index >= 15 is 0 Å². The number of hydrogen-bond acceptors (Lipinski definition) is 5. The minimum Gasteiger partial charge on any atom is -0.467 e. The monoisotopic (exact) mass is 282 g/mol. The molecular weight excluding hydrogens is 260 g/mol. The van der Waals surface area contributed by atoms with Gasteiger partial charge in [-0.05, 0) is 5.92 Å². The number of ether oxygens (including phenoxy) is 1. The minimum atomic E-state index is -0.861. The number of hydrogen-bond donors (Lipinski definition) is 2. The second-order valence-corrected chi connectivity index (χ2v) is 4.82. The molecule has 0 fully saturated rings. The standard InChI is InChI=1S/C13H22N4O3/c1-5-8(2)11(13(19)20-4)16-12(18)10(14)9-6-15-17(3)7-9/h6-8,10-11H,5,14H2,1-4H3,(H,16,18). The van der Waals surface area contributed by atoms with Gasteiger partial charge in [-0.1, -0.05) is 20.3 Å². The molecule has 1 amide bonds. The van der Waals surface area contributed by atoms with Crippen molar-refractivity contribution in [2.24, 2.45) is 18.7 Å². The van der Waals surface area contributed by atoms with Crippen LogP contribution >= 0.6 is 0 Å². The van der Waals surface area contributed by atoms with Crippen LogP contribution in [0.5, 0.6) is 0 Å². The molecule has 0 aromatic carbocycles. The van der Waals surface area contributed by atoms with Crippen molar-refractivity contribution < 1.29 is 14.3 Å². The molecule has 0 saturated heterocycles. The highest BCUT2D eigenvalue weighted by Crippen LogP contribution is 2.13. The van der Waals surface area contributed by atoms with E-state index in [1.54, 1.807) is 17.9 Å². The highest BCUT2D eigenvalue weighted by molar-refractivity contribution is 5.88. The fraction of sp³-hybridized carbons (Fsp3) is 0.615. The van der Waals surface area contributed by atoms with Crippen LogP contribution in [0.15, 0.2) is 12.4 Å². The zero-order valence-corrected chi connectivity index (χ0v) is 12.3. The van der Waals surface area contributed by atoms with E-state index < -0.39 is 24.0 Å². The summed E-state index contributed by atoms with van der Waals surface area (Å²) < 4.78 is 6.28. The van der Waals surface area contributed by atoms with Gasteiger partial charge in [-0.2, -0.15) is 5.10 Å². The number of methoxy groups -OCH3 is 1. The van der Waals surface area contributed by atoms with Gasteiger partial charge in [0.25, 0.3) is 0 Å².